The first kappa shape index (κ1) is 20.4. The molecule has 1 aliphatic rings. The normalized spacial score (nSPS) is 16.2. The minimum Gasteiger partial charge on any atom is -0.322 e. The maximum absolute atomic E-state index is 13.3. The number of nitrogens with zero attached hydrogens (tertiary/aromatic N) is 2. The van der Waals surface area contributed by atoms with Crippen LogP contribution in [0.5, 0.6) is 0 Å². The number of anilines is 1. The molecule has 1 amide bonds. The average Bonchev–Trinajstić information content (AvgIpc) is 2.63. The molecule has 0 spiro atoms. The van der Waals surface area contributed by atoms with Crippen LogP contribution in [0.25, 0.3) is 0 Å². The van der Waals surface area contributed by atoms with Gasteiger partial charge in [0.25, 0.3) is 5.91 Å². The standard InChI is InChI=1S/C21H24F3N3O/c1-15-3-5-17(6-4-15)20(28)25-19-12-16(11-18(13-19)21(22,23)24)14-27-9-7-26(2)8-10-27/h3-6,11-13H,7-10,14H2,1-2H3,(H,25,28). The summed E-state index contributed by atoms with van der Waals surface area (Å²) in [6.07, 6.45) is -4.47. The van der Waals surface area contributed by atoms with Gasteiger partial charge in [-0.3, -0.25) is 9.69 Å². The SMILES string of the molecule is Cc1ccc(C(=O)Nc2cc(CN3CCN(C)CC3)cc(C(F)(F)F)c2)cc1. The predicted octanol–water partition coefficient (Wildman–Crippen LogP) is 4.01. The number of halogens is 3. The van der Waals surface area contributed by atoms with Crippen LogP contribution in [0.3, 0.4) is 0 Å². The number of carbonyl (C=O) groups is 1. The molecular weight excluding hydrogens is 367 g/mol. The lowest BCUT2D eigenvalue weighted by Gasteiger charge is -2.32. The van der Waals surface area contributed by atoms with Gasteiger partial charge in [-0.15, -0.1) is 0 Å². The first-order chi connectivity index (χ1) is 13.2. The van der Waals surface area contributed by atoms with E-state index in [1.54, 1.807) is 30.3 Å². The monoisotopic (exact) mass is 391 g/mol. The fraction of sp³-hybridized carbons (Fsp3) is 0.381. The molecule has 0 unspecified atom stereocenters. The van der Waals surface area contributed by atoms with Crippen LogP contribution in [0.2, 0.25) is 0 Å². The molecule has 0 aliphatic carbocycles. The van der Waals surface area contributed by atoms with Crippen LogP contribution in [-0.4, -0.2) is 48.9 Å². The van der Waals surface area contributed by atoms with E-state index in [0.717, 1.165) is 37.8 Å². The molecule has 1 saturated heterocycles. The Balaban J connectivity index is 1.81. The van der Waals surface area contributed by atoms with Crippen molar-refractivity contribution in [2.45, 2.75) is 19.6 Å². The molecule has 2 aromatic rings. The third kappa shape index (κ3) is 5.33. The lowest BCUT2D eigenvalue weighted by atomic mass is 10.1. The van der Waals surface area contributed by atoms with Crippen molar-refractivity contribution < 1.29 is 18.0 Å². The van der Waals surface area contributed by atoms with Crippen LogP contribution >= 0.6 is 0 Å². The highest BCUT2D eigenvalue weighted by Crippen LogP contribution is 2.32. The minimum atomic E-state index is -4.47. The summed E-state index contributed by atoms with van der Waals surface area (Å²) in [5, 5.41) is 2.61. The first-order valence-corrected chi connectivity index (χ1v) is 9.21. The van der Waals surface area contributed by atoms with E-state index >= 15 is 0 Å². The fourth-order valence-electron chi connectivity index (χ4n) is 3.19. The number of rotatable bonds is 4. The van der Waals surface area contributed by atoms with Gasteiger partial charge in [-0.05, 0) is 49.9 Å². The molecule has 7 heteroatoms. The van der Waals surface area contributed by atoms with Crippen LogP contribution in [-0.2, 0) is 12.7 Å². The summed E-state index contributed by atoms with van der Waals surface area (Å²) in [5.74, 6) is -0.426. The van der Waals surface area contributed by atoms with Gasteiger partial charge < -0.3 is 10.2 Å². The van der Waals surface area contributed by atoms with E-state index < -0.39 is 17.6 Å². The Hall–Kier alpha value is -2.38. The van der Waals surface area contributed by atoms with Crippen LogP contribution in [0.1, 0.15) is 27.0 Å². The topological polar surface area (TPSA) is 35.6 Å². The zero-order valence-electron chi connectivity index (χ0n) is 16.0. The number of hydrogen-bond donors (Lipinski definition) is 1. The molecule has 28 heavy (non-hydrogen) atoms. The molecule has 1 fully saturated rings. The van der Waals surface area contributed by atoms with E-state index in [1.807, 2.05) is 14.0 Å². The molecule has 1 N–H and O–H groups in total. The molecule has 1 heterocycles. The molecule has 3 rings (SSSR count). The molecule has 1 aliphatic heterocycles. The molecule has 0 atom stereocenters. The Labute approximate surface area is 162 Å². The Morgan fingerprint density at radius 2 is 1.68 bits per heavy atom. The summed E-state index contributed by atoms with van der Waals surface area (Å²) in [5.41, 5.74) is 1.36. The van der Waals surface area contributed by atoms with Crippen molar-refractivity contribution >= 4 is 11.6 Å². The zero-order valence-corrected chi connectivity index (χ0v) is 16.0. The van der Waals surface area contributed by atoms with Crippen LogP contribution in [0, 0.1) is 6.92 Å². The van der Waals surface area contributed by atoms with Crippen LogP contribution < -0.4 is 5.32 Å². The van der Waals surface area contributed by atoms with Gasteiger partial charge in [0.15, 0.2) is 0 Å². The largest absolute Gasteiger partial charge is 0.416 e. The van der Waals surface area contributed by atoms with E-state index in [9.17, 15) is 18.0 Å². The molecule has 2 aromatic carbocycles. The van der Waals surface area contributed by atoms with Crippen LogP contribution in [0.4, 0.5) is 18.9 Å². The van der Waals surface area contributed by atoms with E-state index in [4.69, 9.17) is 0 Å². The van der Waals surface area contributed by atoms with Crippen molar-refractivity contribution in [3.8, 4) is 0 Å². The highest BCUT2D eigenvalue weighted by molar-refractivity contribution is 6.04. The highest BCUT2D eigenvalue weighted by atomic mass is 19.4. The zero-order chi connectivity index (χ0) is 20.3. The fourth-order valence-corrected chi connectivity index (χ4v) is 3.19. The lowest BCUT2D eigenvalue weighted by molar-refractivity contribution is -0.137. The smallest absolute Gasteiger partial charge is 0.322 e. The van der Waals surface area contributed by atoms with E-state index in [1.165, 1.54) is 6.07 Å². The second-order valence-electron chi connectivity index (χ2n) is 7.32. The molecule has 0 bridgehead atoms. The first-order valence-electron chi connectivity index (χ1n) is 9.21. The predicted molar refractivity (Wildman–Crippen MR) is 103 cm³/mol. The minimum absolute atomic E-state index is 0.157. The van der Waals surface area contributed by atoms with Crippen LogP contribution in [0.15, 0.2) is 42.5 Å². The maximum atomic E-state index is 13.3. The maximum Gasteiger partial charge on any atom is 0.416 e. The summed E-state index contributed by atoms with van der Waals surface area (Å²) in [6.45, 7) is 5.70. The quantitative estimate of drug-likeness (QED) is 0.855. The number of aryl methyl sites for hydroxylation is 1. The van der Waals surface area contributed by atoms with Crippen molar-refractivity contribution in [3.63, 3.8) is 0 Å². The Morgan fingerprint density at radius 3 is 2.29 bits per heavy atom. The summed E-state index contributed by atoms with van der Waals surface area (Å²) in [7, 11) is 2.03. The molecule has 0 aromatic heterocycles. The number of likely N-dealkylation sites (N-methyl/N-ethyl adjacent to an activating group) is 1. The summed E-state index contributed by atoms with van der Waals surface area (Å²) >= 11 is 0. The molecular formula is C21H24F3N3O. The van der Waals surface area contributed by atoms with Gasteiger partial charge in [0.2, 0.25) is 0 Å². The average molecular weight is 391 g/mol. The van der Waals surface area contributed by atoms with Gasteiger partial charge in [0.05, 0.1) is 5.56 Å². The van der Waals surface area contributed by atoms with Gasteiger partial charge in [-0.1, -0.05) is 17.7 Å². The van der Waals surface area contributed by atoms with Crippen molar-refractivity contribution in [2.75, 3.05) is 38.5 Å². The van der Waals surface area contributed by atoms with Crippen molar-refractivity contribution in [3.05, 3.63) is 64.7 Å². The number of benzene rings is 2. The van der Waals surface area contributed by atoms with Gasteiger partial charge in [0.1, 0.15) is 0 Å². The van der Waals surface area contributed by atoms with E-state index in [0.29, 0.717) is 17.7 Å². The van der Waals surface area contributed by atoms with Crippen molar-refractivity contribution in [1.29, 1.82) is 0 Å². The van der Waals surface area contributed by atoms with Gasteiger partial charge >= 0.3 is 6.18 Å². The lowest BCUT2D eigenvalue weighted by Crippen LogP contribution is -2.43. The molecule has 150 valence electrons. The number of piperazine rings is 1. The highest BCUT2D eigenvalue weighted by Gasteiger charge is 2.31. The number of nitrogens with one attached hydrogen (secondary N) is 1. The van der Waals surface area contributed by atoms with Gasteiger partial charge in [0, 0.05) is 44.0 Å². The van der Waals surface area contributed by atoms with Crippen molar-refractivity contribution in [1.82, 2.24) is 9.80 Å². The summed E-state index contributed by atoms with van der Waals surface area (Å²) in [4.78, 5) is 16.7. The van der Waals surface area contributed by atoms with E-state index in [-0.39, 0.29) is 5.69 Å². The third-order valence-electron chi connectivity index (χ3n) is 4.89. The molecule has 0 saturated carbocycles. The number of alkyl halides is 3. The second-order valence-corrected chi connectivity index (χ2v) is 7.32. The van der Waals surface area contributed by atoms with Gasteiger partial charge in [-0.2, -0.15) is 13.2 Å². The third-order valence-corrected chi connectivity index (χ3v) is 4.89. The second kappa shape index (κ2) is 8.32. The van der Waals surface area contributed by atoms with E-state index in [2.05, 4.69) is 15.1 Å². The summed E-state index contributed by atoms with van der Waals surface area (Å²) < 4.78 is 40.0. The molecule has 0 radical (unpaired) electrons. The summed E-state index contributed by atoms with van der Waals surface area (Å²) in [6, 6.07) is 10.7. The van der Waals surface area contributed by atoms with Crippen molar-refractivity contribution in [2.24, 2.45) is 0 Å². The Morgan fingerprint density at radius 1 is 1.04 bits per heavy atom. The number of amides is 1. The number of carbonyl (C=O) groups excluding carboxylic acids is 1. The number of hydrogen-bond acceptors (Lipinski definition) is 3. The Bertz CT molecular complexity index is 826. The Kier molecular flexibility index (Phi) is 6.05. The molecule has 4 nitrogen and oxygen atoms in total. The van der Waals surface area contributed by atoms with Gasteiger partial charge in [-0.25, -0.2) is 0 Å².